The lowest BCUT2D eigenvalue weighted by atomic mass is 10.3. The molecule has 0 aromatic carbocycles. The summed E-state index contributed by atoms with van der Waals surface area (Å²) >= 11 is 5.06. The number of aromatic nitrogens is 1. The van der Waals surface area contributed by atoms with E-state index in [0.717, 1.165) is 15.8 Å². The van der Waals surface area contributed by atoms with Crippen molar-refractivity contribution in [2.45, 2.75) is 19.1 Å². The van der Waals surface area contributed by atoms with Gasteiger partial charge in [0, 0.05) is 24.0 Å². The van der Waals surface area contributed by atoms with Gasteiger partial charge in [-0.05, 0) is 39.5 Å². The fourth-order valence-electron chi connectivity index (χ4n) is 2.31. The molecular weight excluding hydrogens is 366 g/mol. The average Bonchev–Trinajstić information content (AvgIpc) is 3.19. The molecule has 0 bridgehead atoms. The van der Waals surface area contributed by atoms with Gasteiger partial charge in [-0.1, -0.05) is 6.07 Å². The van der Waals surface area contributed by atoms with Crippen molar-refractivity contribution in [1.29, 1.82) is 0 Å². The largest absolute Gasteiger partial charge is 0.472 e. The number of hydrogen-bond acceptors (Lipinski definition) is 4. The zero-order valence-corrected chi connectivity index (χ0v) is 14.3. The Kier molecular flexibility index (Phi) is 4.94. The smallest absolute Gasteiger partial charge is 0.317 e. The normalized spacial score (nSPS) is 17.5. The number of nitrogens with one attached hydrogen (secondary N) is 1. The second-order valence-corrected chi connectivity index (χ2v) is 6.89. The lowest BCUT2D eigenvalue weighted by molar-refractivity contribution is 0.182. The van der Waals surface area contributed by atoms with Crippen LogP contribution in [0.4, 0.5) is 4.79 Å². The number of likely N-dealkylation sites (tertiary alicyclic amines) is 1. The van der Waals surface area contributed by atoms with Crippen LogP contribution in [0.15, 0.2) is 40.3 Å². The third-order valence-electron chi connectivity index (χ3n) is 3.43. The second-order valence-electron chi connectivity index (χ2n) is 5.00. The highest BCUT2D eigenvalue weighted by atomic mass is 79.9. The van der Waals surface area contributed by atoms with Crippen molar-refractivity contribution in [2.24, 2.45) is 0 Å². The van der Waals surface area contributed by atoms with Gasteiger partial charge in [0.1, 0.15) is 6.10 Å². The van der Waals surface area contributed by atoms with Crippen molar-refractivity contribution in [3.05, 3.63) is 45.2 Å². The summed E-state index contributed by atoms with van der Waals surface area (Å²) in [6.45, 7) is 1.86. The molecule has 1 aliphatic heterocycles. The van der Waals surface area contributed by atoms with Gasteiger partial charge in [0.15, 0.2) is 0 Å². The van der Waals surface area contributed by atoms with Crippen LogP contribution < -0.4 is 10.1 Å². The van der Waals surface area contributed by atoms with Gasteiger partial charge in [0.2, 0.25) is 5.88 Å². The molecule has 5 nitrogen and oxygen atoms in total. The van der Waals surface area contributed by atoms with E-state index < -0.39 is 0 Å². The molecule has 116 valence electrons. The van der Waals surface area contributed by atoms with E-state index in [2.05, 4.69) is 26.2 Å². The Morgan fingerprint density at radius 3 is 3.18 bits per heavy atom. The summed E-state index contributed by atoms with van der Waals surface area (Å²) in [5.74, 6) is 0.577. The zero-order chi connectivity index (χ0) is 15.4. The third kappa shape index (κ3) is 3.78. The number of rotatable bonds is 4. The molecule has 2 aromatic rings. The average molecular weight is 382 g/mol. The quantitative estimate of drug-likeness (QED) is 0.883. The predicted molar refractivity (Wildman–Crippen MR) is 89.1 cm³/mol. The summed E-state index contributed by atoms with van der Waals surface area (Å²) in [5.41, 5.74) is 0. The highest BCUT2D eigenvalue weighted by Gasteiger charge is 2.28. The van der Waals surface area contributed by atoms with Gasteiger partial charge in [0.05, 0.1) is 17.6 Å². The zero-order valence-electron chi connectivity index (χ0n) is 11.9. The number of urea groups is 1. The summed E-state index contributed by atoms with van der Waals surface area (Å²) in [4.78, 5) is 19.3. The number of pyridine rings is 1. The van der Waals surface area contributed by atoms with Crippen molar-refractivity contribution >= 4 is 33.3 Å². The van der Waals surface area contributed by atoms with Crippen LogP contribution in [0.25, 0.3) is 0 Å². The summed E-state index contributed by atoms with van der Waals surface area (Å²) in [7, 11) is 0. The molecule has 0 radical (unpaired) electrons. The number of hydrogen-bond donors (Lipinski definition) is 1. The minimum absolute atomic E-state index is 0.0151. The van der Waals surface area contributed by atoms with Crippen molar-refractivity contribution in [3.8, 4) is 5.88 Å². The van der Waals surface area contributed by atoms with E-state index in [1.807, 2.05) is 29.6 Å². The highest BCUT2D eigenvalue weighted by Crippen LogP contribution is 2.24. The van der Waals surface area contributed by atoms with Gasteiger partial charge < -0.3 is 15.0 Å². The maximum absolute atomic E-state index is 12.1. The molecule has 7 heteroatoms. The first kappa shape index (κ1) is 15.3. The maximum Gasteiger partial charge on any atom is 0.317 e. The number of amides is 2. The van der Waals surface area contributed by atoms with Gasteiger partial charge >= 0.3 is 6.03 Å². The first-order valence-corrected chi connectivity index (χ1v) is 8.72. The summed E-state index contributed by atoms with van der Waals surface area (Å²) in [6.07, 6.45) is 2.49. The first-order chi connectivity index (χ1) is 10.7. The second kappa shape index (κ2) is 7.11. The molecule has 3 heterocycles. The molecular formula is C15H16BrN3O2S. The van der Waals surface area contributed by atoms with Crippen molar-refractivity contribution in [1.82, 2.24) is 15.2 Å². The molecule has 3 rings (SSSR count). The lowest BCUT2D eigenvalue weighted by Gasteiger charge is -2.17. The summed E-state index contributed by atoms with van der Waals surface area (Å²) in [5, 5.41) is 4.95. The molecule has 1 unspecified atom stereocenters. The van der Waals surface area contributed by atoms with E-state index in [-0.39, 0.29) is 12.1 Å². The lowest BCUT2D eigenvalue weighted by Crippen LogP contribution is -2.38. The van der Waals surface area contributed by atoms with E-state index in [1.165, 1.54) is 0 Å². The van der Waals surface area contributed by atoms with Crippen LogP contribution >= 0.6 is 27.3 Å². The van der Waals surface area contributed by atoms with Crippen LogP contribution in [0.5, 0.6) is 5.88 Å². The Bertz CT molecular complexity index is 635. The standard InChI is InChI=1S/C15H16BrN3O2S/c16-13-4-1-6-17-14(13)21-11-5-7-19(10-11)15(20)18-9-12-3-2-8-22-12/h1-4,6,8,11H,5,7,9-10H2,(H,18,20). The molecule has 2 amide bonds. The van der Waals surface area contributed by atoms with Crippen LogP contribution in [0, 0.1) is 0 Å². The van der Waals surface area contributed by atoms with E-state index >= 15 is 0 Å². The van der Waals surface area contributed by atoms with Gasteiger partial charge in [-0.3, -0.25) is 0 Å². The van der Waals surface area contributed by atoms with E-state index in [0.29, 0.717) is 25.5 Å². The topological polar surface area (TPSA) is 54.5 Å². The Morgan fingerprint density at radius 1 is 1.50 bits per heavy atom. The summed E-state index contributed by atoms with van der Waals surface area (Å²) in [6, 6.07) is 7.69. The van der Waals surface area contributed by atoms with Gasteiger partial charge in [-0.15, -0.1) is 11.3 Å². The molecule has 0 saturated carbocycles. The molecule has 0 spiro atoms. The molecule has 2 aromatic heterocycles. The first-order valence-electron chi connectivity index (χ1n) is 7.04. The van der Waals surface area contributed by atoms with Gasteiger partial charge in [0.25, 0.3) is 0 Å². The number of ether oxygens (including phenoxy) is 1. The Morgan fingerprint density at radius 2 is 2.41 bits per heavy atom. The fourth-order valence-corrected chi connectivity index (χ4v) is 3.31. The fraction of sp³-hybridized carbons (Fsp3) is 0.333. The number of nitrogens with zero attached hydrogens (tertiary/aromatic N) is 2. The highest BCUT2D eigenvalue weighted by molar-refractivity contribution is 9.10. The van der Waals surface area contributed by atoms with E-state index in [1.54, 1.807) is 22.4 Å². The third-order valence-corrected chi connectivity index (χ3v) is 4.91. The molecule has 1 aliphatic rings. The van der Waals surface area contributed by atoms with Gasteiger partial charge in [-0.25, -0.2) is 9.78 Å². The Labute approximate surface area is 141 Å². The Hall–Kier alpha value is -1.60. The molecule has 1 fully saturated rings. The number of carbonyl (C=O) groups excluding carboxylic acids is 1. The van der Waals surface area contributed by atoms with E-state index in [9.17, 15) is 4.79 Å². The monoisotopic (exact) mass is 381 g/mol. The molecule has 22 heavy (non-hydrogen) atoms. The minimum Gasteiger partial charge on any atom is -0.472 e. The van der Waals surface area contributed by atoms with E-state index in [4.69, 9.17) is 4.74 Å². The van der Waals surface area contributed by atoms with Crippen molar-refractivity contribution in [2.75, 3.05) is 13.1 Å². The van der Waals surface area contributed by atoms with Crippen LogP contribution in [-0.2, 0) is 6.54 Å². The van der Waals surface area contributed by atoms with Crippen molar-refractivity contribution < 1.29 is 9.53 Å². The number of thiophene rings is 1. The molecule has 0 aliphatic carbocycles. The van der Waals surface area contributed by atoms with Crippen LogP contribution in [0.1, 0.15) is 11.3 Å². The van der Waals surface area contributed by atoms with Gasteiger partial charge in [-0.2, -0.15) is 0 Å². The number of carbonyl (C=O) groups is 1. The van der Waals surface area contributed by atoms with Crippen LogP contribution in [0.3, 0.4) is 0 Å². The maximum atomic E-state index is 12.1. The predicted octanol–water partition coefficient (Wildman–Crippen LogP) is 3.27. The Balaban J connectivity index is 1.49. The molecule has 1 N–H and O–H groups in total. The van der Waals surface area contributed by atoms with Crippen LogP contribution in [0.2, 0.25) is 0 Å². The molecule has 1 saturated heterocycles. The van der Waals surface area contributed by atoms with Crippen LogP contribution in [-0.4, -0.2) is 35.1 Å². The molecule has 1 atom stereocenters. The minimum atomic E-state index is -0.0420. The van der Waals surface area contributed by atoms with Crippen molar-refractivity contribution in [3.63, 3.8) is 0 Å². The number of halogens is 1. The SMILES string of the molecule is O=C(NCc1cccs1)N1CCC(Oc2ncccc2Br)C1. The summed E-state index contributed by atoms with van der Waals surface area (Å²) < 4.78 is 6.69.